The number of amides is 2. The molecule has 2 amide bonds. The SMILES string of the molecule is CN1CCN(C(=O)c2cccn2C)C[C@H](C(N)=O)C1. The third-order valence-electron chi connectivity index (χ3n) is 3.58. The average Bonchev–Trinajstić information content (AvgIpc) is 2.67. The van der Waals surface area contributed by atoms with E-state index in [-0.39, 0.29) is 17.7 Å². The highest BCUT2D eigenvalue weighted by Crippen LogP contribution is 2.12. The molecule has 104 valence electrons. The van der Waals surface area contributed by atoms with Crippen LogP contribution in [0.15, 0.2) is 18.3 Å². The second-order valence-corrected chi connectivity index (χ2v) is 5.12. The lowest BCUT2D eigenvalue weighted by Gasteiger charge is -2.22. The molecule has 1 aromatic heterocycles. The van der Waals surface area contributed by atoms with Gasteiger partial charge >= 0.3 is 0 Å². The number of carbonyl (C=O) groups is 2. The standard InChI is InChI=1S/C13H20N4O2/c1-15-6-7-17(9-10(8-15)12(14)18)13(19)11-4-3-5-16(11)2/h3-5,10H,6-9H2,1-2H3,(H2,14,18)/t10-/m1/s1. The molecule has 19 heavy (non-hydrogen) atoms. The summed E-state index contributed by atoms with van der Waals surface area (Å²) in [5.74, 6) is -0.704. The van der Waals surface area contributed by atoms with Crippen molar-refractivity contribution in [3.8, 4) is 0 Å². The smallest absolute Gasteiger partial charge is 0.270 e. The van der Waals surface area contributed by atoms with Crippen molar-refractivity contribution < 1.29 is 9.59 Å². The van der Waals surface area contributed by atoms with Crippen LogP contribution in [0.4, 0.5) is 0 Å². The first-order valence-electron chi connectivity index (χ1n) is 6.37. The molecule has 0 aliphatic carbocycles. The number of carbonyl (C=O) groups excluding carboxylic acids is 2. The van der Waals surface area contributed by atoms with E-state index in [4.69, 9.17) is 5.73 Å². The molecule has 6 heteroatoms. The van der Waals surface area contributed by atoms with Crippen LogP contribution in [-0.2, 0) is 11.8 Å². The van der Waals surface area contributed by atoms with Crippen molar-refractivity contribution in [2.45, 2.75) is 0 Å². The summed E-state index contributed by atoms with van der Waals surface area (Å²) < 4.78 is 1.79. The van der Waals surface area contributed by atoms with Crippen molar-refractivity contribution in [2.75, 3.05) is 33.2 Å². The maximum Gasteiger partial charge on any atom is 0.270 e. The van der Waals surface area contributed by atoms with E-state index in [1.54, 1.807) is 15.5 Å². The third kappa shape index (κ3) is 2.96. The van der Waals surface area contributed by atoms with Crippen molar-refractivity contribution >= 4 is 11.8 Å². The number of aryl methyl sites for hydroxylation is 1. The highest BCUT2D eigenvalue weighted by atomic mass is 16.2. The maximum atomic E-state index is 12.4. The van der Waals surface area contributed by atoms with Crippen LogP contribution >= 0.6 is 0 Å². The van der Waals surface area contributed by atoms with Gasteiger partial charge < -0.3 is 20.1 Å². The number of hydrogen-bond acceptors (Lipinski definition) is 3. The molecule has 0 aromatic carbocycles. The minimum absolute atomic E-state index is 0.0472. The van der Waals surface area contributed by atoms with E-state index in [0.717, 1.165) is 6.54 Å². The van der Waals surface area contributed by atoms with Crippen molar-refractivity contribution in [1.82, 2.24) is 14.4 Å². The number of hydrogen-bond donors (Lipinski definition) is 1. The lowest BCUT2D eigenvalue weighted by Crippen LogP contribution is -2.40. The summed E-state index contributed by atoms with van der Waals surface area (Å²) in [5.41, 5.74) is 6.03. The van der Waals surface area contributed by atoms with E-state index in [2.05, 4.69) is 0 Å². The van der Waals surface area contributed by atoms with Gasteiger partial charge in [-0.25, -0.2) is 0 Å². The normalized spacial score (nSPS) is 21.2. The molecule has 0 radical (unpaired) electrons. The molecule has 1 aliphatic rings. The zero-order chi connectivity index (χ0) is 14.0. The van der Waals surface area contributed by atoms with Gasteiger partial charge in [-0.3, -0.25) is 9.59 Å². The molecule has 1 aliphatic heterocycles. The predicted molar refractivity (Wildman–Crippen MR) is 71.5 cm³/mol. The minimum Gasteiger partial charge on any atom is -0.369 e. The Morgan fingerprint density at radius 2 is 2.00 bits per heavy atom. The first kappa shape index (κ1) is 13.6. The topological polar surface area (TPSA) is 71.6 Å². The summed E-state index contributed by atoms with van der Waals surface area (Å²) in [6.45, 7) is 2.36. The first-order valence-corrected chi connectivity index (χ1v) is 6.37. The van der Waals surface area contributed by atoms with Crippen molar-refractivity contribution in [1.29, 1.82) is 0 Å². The molecule has 0 saturated carbocycles. The van der Waals surface area contributed by atoms with E-state index in [1.807, 2.05) is 31.3 Å². The Morgan fingerprint density at radius 1 is 1.26 bits per heavy atom. The van der Waals surface area contributed by atoms with E-state index in [0.29, 0.717) is 25.3 Å². The quantitative estimate of drug-likeness (QED) is 0.784. The Labute approximate surface area is 112 Å². The molecular formula is C13H20N4O2. The molecular weight excluding hydrogens is 244 g/mol. The molecule has 1 fully saturated rings. The van der Waals surface area contributed by atoms with Crippen molar-refractivity contribution in [3.05, 3.63) is 24.0 Å². The number of nitrogens with zero attached hydrogens (tertiary/aromatic N) is 3. The molecule has 1 saturated heterocycles. The summed E-state index contributed by atoms with van der Waals surface area (Å²) in [6, 6.07) is 3.62. The molecule has 0 unspecified atom stereocenters. The highest BCUT2D eigenvalue weighted by Gasteiger charge is 2.28. The third-order valence-corrected chi connectivity index (χ3v) is 3.58. The van der Waals surface area contributed by atoms with Crippen LogP contribution in [0.2, 0.25) is 0 Å². The van der Waals surface area contributed by atoms with Gasteiger partial charge in [0.25, 0.3) is 5.91 Å². The van der Waals surface area contributed by atoms with Gasteiger partial charge in [0.1, 0.15) is 5.69 Å². The minimum atomic E-state index is -0.349. The van der Waals surface area contributed by atoms with E-state index >= 15 is 0 Å². The Morgan fingerprint density at radius 3 is 2.58 bits per heavy atom. The fourth-order valence-electron chi connectivity index (χ4n) is 2.38. The number of nitrogens with two attached hydrogens (primary N) is 1. The van der Waals surface area contributed by atoms with E-state index in [9.17, 15) is 9.59 Å². The maximum absolute atomic E-state index is 12.4. The number of primary amides is 1. The lowest BCUT2D eigenvalue weighted by molar-refractivity contribution is -0.122. The second kappa shape index (κ2) is 5.44. The summed E-state index contributed by atoms with van der Waals surface area (Å²) in [7, 11) is 3.77. The molecule has 1 atom stereocenters. The van der Waals surface area contributed by atoms with Crippen molar-refractivity contribution in [3.63, 3.8) is 0 Å². The largest absolute Gasteiger partial charge is 0.369 e. The Hall–Kier alpha value is -1.82. The fraction of sp³-hybridized carbons (Fsp3) is 0.538. The summed E-state index contributed by atoms with van der Waals surface area (Å²) in [4.78, 5) is 27.6. The van der Waals surface area contributed by atoms with Crippen LogP contribution in [-0.4, -0.2) is 59.4 Å². The van der Waals surface area contributed by atoms with Gasteiger partial charge in [0.05, 0.1) is 5.92 Å². The number of rotatable bonds is 2. The lowest BCUT2D eigenvalue weighted by atomic mass is 10.1. The zero-order valence-electron chi connectivity index (χ0n) is 11.4. The number of likely N-dealkylation sites (N-methyl/N-ethyl adjacent to an activating group) is 1. The first-order chi connectivity index (χ1) is 8.99. The van der Waals surface area contributed by atoms with Crippen LogP contribution in [0.1, 0.15) is 10.5 Å². The predicted octanol–water partition coefficient (Wildman–Crippen LogP) is -0.486. The fourth-order valence-corrected chi connectivity index (χ4v) is 2.38. The van der Waals surface area contributed by atoms with Gasteiger partial charge in [-0.1, -0.05) is 0 Å². The Kier molecular flexibility index (Phi) is 3.90. The highest BCUT2D eigenvalue weighted by molar-refractivity contribution is 5.93. The number of aromatic nitrogens is 1. The van der Waals surface area contributed by atoms with Crippen LogP contribution in [0.3, 0.4) is 0 Å². The average molecular weight is 264 g/mol. The van der Waals surface area contributed by atoms with E-state index in [1.165, 1.54) is 0 Å². The van der Waals surface area contributed by atoms with Crippen molar-refractivity contribution in [2.24, 2.45) is 18.7 Å². The van der Waals surface area contributed by atoms with Crippen LogP contribution in [0.5, 0.6) is 0 Å². The van der Waals surface area contributed by atoms with Crippen LogP contribution < -0.4 is 5.73 Å². The van der Waals surface area contributed by atoms with Gasteiger partial charge in [-0.2, -0.15) is 0 Å². The Bertz CT molecular complexity index is 483. The summed E-state index contributed by atoms with van der Waals surface area (Å²) in [6.07, 6.45) is 1.84. The van der Waals surface area contributed by atoms with Gasteiger partial charge in [0, 0.05) is 39.4 Å². The molecule has 2 N–H and O–H groups in total. The zero-order valence-corrected chi connectivity index (χ0v) is 11.4. The van der Waals surface area contributed by atoms with Gasteiger partial charge in [-0.15, -0.1) is 0 Å². The van der Waals surface area contributed by atoms with Crippen LogP contribution in [0.25, 0.3) is 0 Å². The molecule has 0 bridgehead atoms. The van der Waals surface area contributed by atoms with Gasteiger partial charge in [0.2, 0.25) is 5.91 Å². The summed E-state index contributed by atoms with van der Waals surface area (Å²) >= 11 is 0. The summed E-state index contributed by atoms with van der Waals surface area (Å²) in [5, 5.41) is 0. The Balaban J connectivity index is 2.17. The van der Waals surface area contributed by atoms with Gasteiger partial charge in [-0.05, 0) is 19.2 Å². The molecule has 2 heterocycles. The molecule has 1 aromatic rings. The molecule has 6 nitrogen and oxygen atoms in total. The van der Waals surface area contributed by atoms with Crippen LogP contribution in [0, 0.1) is 5.92 Å². The second-order valence-electron chi connectivity index (χ2n) is 5.12. The van der Waals surface area contributed by atoms with Gasteiger partial charge in [0.15, 0.2) is 0 Å². The molecule has 0 spiro atoms. The molecule has 2 rings (SSSR count). The monoisotopic (exact) mass is 264 g/mol. The van der Waals surface area contributed by atoms with E-state index < -0.39 is 0 Å².